The predicted octanol–water partition coefficient (Wildman–Crippen LogP) is -0.171. The Morgan fingerprint density at radius 1 is 1.35 bits per heavy atom. The minimum absolute atomic E-state index is 0.114. The first kappa shape index (κ1) is 12.1. The summed E-state index contributed by atoms with van der Waals surface area (Å²) in [6.07, 6.45) is 3.16. The third-order valence-electron chi connectivity index (χ3n) is 3.12. The van der Waals surface area contributed by atoms with Crippen LogP contribution in [0, 0.1) is 0 Å². The van der Waals surface area contributed by atoms with Crippen molar-refractivity contribution in [2.24, 2.45) is 0 Å². The number of imidazole rings is 1. The molecule has 0 radical (unpaired) electrons. The molecule has 1 saturated heterocycles. The van der Waals surface area contributed by atoms with Crippen molar-refractivity contribution in [2.75, 3.05) is 39.8 Å². The summed E-state index contributed by atoms with van der Waals surface area (Å²) < 4.78 is 1.84. The lowest BCUT2D eigenvalue weighted by atomic mass is 10.3. The second-order valence-corrected chi connectivity index (χ2v) is 4.45. The van der Waals surface area contributed by atoms with Crippen LogP contribution in [0.3, 0.4) is 0 Å². The minimum atomic E-state index is -0.969. The highest BCUT2D eigenvalue weighted by Gasteiger charge is 2.13. The molecule has 0 amide bonds. The second kappa shape index (κ2) is 5.29. The van der Waals surface area contributed by atoms with Gasteiger partial charge in [0.2, 0.25) is 0 Å². The molecule has 0 spiro atoms. The number of hydrogen-bond donors (Lipinski definition) is 1. The van der Waals surface area contributed by atoms with Gasteiger partial charge < -0.3 is 14.6 Å². The molecular formula is C11H18N4O2. The molecule has 1 fully saturated rings. The van der Waals surface area contributed by atoms with E-state index in [0.717, 1.165) is 39.3 Å². The van der Waals surface area contributed by atoms with Crippen molar-refractivity contribution in [2.45, 2.75) is 6.54 Å². The average Bonchev–Trinajstić information content (AvgIpc) is 2.77. The highest BCUT2D eigenvalue weighted by Crippen LogP contribution is 2.01. The first-order valence-corrected chi connectivity index (χ1v) is 5.81. The van der Waals surface area contributed by atoms with E-state index in [-0.39, 0.29) is 5.69 Å². The van der Waals surface area contributed by atoms with Gasteiger partial charge in [0.05, 0.1) is 6.33 Å². The standard InChI is InChI=1S/C11H18N4O2/c1-13-2-4-14(5-3-13)6-7-15-8-10(11(16)17)12-9-15/h8-9H,2-7H2,1H3,(H,16,17). The van der Waals surface area contributed by atoms with Gasteiger partial charge in [0.25, 0.3) is 0 Å². The van der Waals surface area contributed by atoms with Crippen molar-refractivity contribution in [3.63, 3.8) is 0 Å². The Labute approximate surface area is 100 Å². The maximum absolute atomic E-state index is 10.7. The fourth-order valence-corrected chi connectivity index (χ4v) is 1.92. The Bertz CT molecular complexity index is 383. The van der Waals surface area contributed by atoms with Crippen LogP contribution in [0.15, 0.2) is 12.5 Å². The molecule has 1 N–H and O–H groups in total. The molecule has 17 heavy (non-hydrogen) atoms. The lowest BCUT2D eigenvalue weighted by molar-refractivity contribution is 0.0691. The fourth-order valence-electron chi connectivity index (χ4n) is 1.92. The van der Waals surface area contributed by atoms with E-state index in [1.54, 1.807) is 12.5 Å². The number of hydrogen-bond acceptors (Lipinski definition) is 4. The van der Waals surface area contributed by atoms with E-state index in [1.807, 2.05) is 4.57 Å². The van der Waals surface area contributed by atoms with Crippen LogP contribution in [-0.2, 0) is 6.54 Å². The van der Waals surface area contributed by atoms with E-state index < -0.39 is 5.97 Å². The molecule has 0 aliphatic carbocycles. The van der Waals surface area contributed by atoms with Crippen LogP contribution < -0.4 is 0 Å². The van der Waals surface area contributed by atoms with Crippen LogP contribution in [0.5, 0.6) is 0 Å². The SMILES string of the molecule is CN1CCN(CCn2cnc(C(=O)O)c2)CC1. The van der Waals surface area contributed by atoms with Gasteiger partial charge in [-0.1, -0.05) is 0 Å². The average molecular weight is 238 g/mol. The third-order valence-corrected chi connectivity index (χ3v) is 3.12. The van der Waals surface area contributed by atoms with Crippen molar-refractivity contribution in [1.82, 2.24) is 19.4 Å². The second-order valence-electron chi connectivity index (χ2n) is 4.45. The van der Waals surface area contributed by atoms with Gasteiger partial charge in [-0.2, -0.15) is 0 Å². The lowest BCUT2D eigenvalue weighted by Crippen LogP contribution is -2.45. The van der Waals surface area contributed by atoms with Crippen LogP contribution >= 0.6 is 0 Å². The molecule has 0 unspecified atom stereocenters. The Morgan fingerprint density at radius 2 is 2.06 bits per heavy atom. The largest absolute Gasteiger partial charge is 0.476 e. The number of nitrogens with zero attached hydrogens (tertiary/aromatic N) is 4. The van der Waals surface area contributed by atoms with Crippen LogP contribution in [-0.4, -0.2) is 70.2 Å². The van der Waals surface area contributed by atoms with Gasteiger partial charge in [-0.05, 0) is 7.05 Å². The van der Waals surface area contributed by atoms with Gasteiger partial charge >= 0.3 is 5.97 Å². The molecule has 6 nitrogen and oxygen atoms in total. The van der Waals surface area contributed by atoms with Gasteiger partial charge in [0, 0.05) is 45.5 Å². The summed E-state index contributed by atoms with van der Waals surface area (Å²) in [5.41, 5.74) is 0.114. The van der Waals surface area contributed by atoms with Crippen molar-refractivity contribution in [3.8, 4) is 0 Å². The minimum Gasteiger partial charge on any atom is -0.476 e. The Morgan fingerprint density at radius 3 is 2.65 bits per heavy atom. The number of aromatic carboxylic acids is 1. The van der Waals surface area contributed by atoms with E-state index in [9.17, 15) is 4.79 Å². The fraction of sp³-hybridized carbons (Fsp3) is 0.636. The van der Waals surface area contributed by atoms with Gasteiger partial charge in [0.15, 0.2) is 5.69 Å². The van der Waals surface area contributed by atoms with E-state index in [1.165, 1.54) is 0 Å². The smallest absolute Gasteiger partial charge is 0.356 e. The molecule has 94 valence electrons. The number of carboxylic acid groups (broad SMARTS) is 1. The zero-order chi connectivity index (χ0) is 12.3. The molecule has 2 heterocycles. The zero-order valence-electron chi connectivity index (χ0n) is 10.0. The lowest BCUT2D eigenvalue weighted by Gasteiger charge is -2.32. The first-order valence-electron chi connectivity index (χ1n) is 5.81. The number of aromatic nitrogens is 2. The summed E-state index contributed by atoms with van der Waals surface area (Å²) in [7, 11) is 2.13. The molecule has 1 aliphatic rings. The predicted molar refractivity (Wildman–Crippen MR) is 63.1 cm³/mol. The summed E-state index contributed by atoms with van der Waals surface area (Å²) in [4.78, 5) is 19.2. The Balaban J connectivity index is 1.79. The third kappa shape index (κ3) is 3.28. The summed E-state index contributed by atoms with van der Waals surface area (Å²) >= 11 is 0. The molecule has 1 aromatic rings. The molecule has 1 aromatic heterocycles. The molecule has 1 aliphatic heterocycles. The molecule has 6 heteroatoms. The first-order chi connectivity index (χ1) is 8.15. The Hall–Kier alpha value is -1.40. The molecule has 0 aromatic carbocycles. The Kier molecular flexibility index (Phi) is 3.75. The van der Waals surface area contributed by atoms with Gasteiger partial charge in [-0.15, -0.1) is 0 Å². The topological polar surface area (TPSA) is 61.6 Å². The highest BCUT2D eigenvalue weighted by atomic mass is 16.4. The maximum atomic E-state index is 10.7. The van der Waals surface area contributed by atoms with Crippen molar-refractivity contribution >= 4 is 5.97 Å². The van der Waals surface area contributed by atoms with Crippen molar-refractivity contribution < 1.29 is 9.90 Å². The van der Waals surface area contributed by atoms with Crippen LogP contribution in [0.1, 0.15) is 10.5 Å². The molecule has 0 saturated carbocycles. The van der Waals surface area contributed by atoms with E-state index >= 15 is 0 Å². The summed E-state index contributed by atoms with van der Waals surface area (Å²) in [5, 5.41) is 8.75. The van der Waals surface area contributed by atoms with Crippen molar-refractivity contribution in [3.05, 3.63) is 18.2 Å². The zero-order valence-corrected chi connectivity index (χ0v) is 10.0. The van der Waals surface area contributed by atoms with E-state index in [0.29, 0.717) is 0 Å². The molecule has 0 bridgehead atoms. The number of likely N-dealkylation sites (N-methyl/N-ethyl adjacent to an activating group) is 1. The van der Waals surface area contributed by atoms with Crippen LogP contribution in [0.4, 0.5) is 0 Å². The highest BCUT2D eigenvalue weighted by molar-refractivity contribution is 5.84. The van der Waals surface area contributed by atoms with Gasteiger partial charge in [-0.3, -0.25) is 4.90 Å². The number of rotatable bonds is 4. The molecule has 0 atom stereocenters. The number of carbonyl (C=O) groups is 1. The summed E-state index contributed by atoms with van der Waals surface area (Å²) in [5.74, 6) is -0.969. The number of carboxylic acids is 1. The quantitative estimate of drug-likeness (QED) is 0.789. The normalized spacial score (nSPS) is 18.4. The summed E-state index contributed by atoms with van der Waals surface area (Å²) in [6.45, 7) is 6.11. The van der Waals surface area contributed by atoms with Gasteiger partial charge in [-0.25, -0.2) is 9.78 Å². The molecular weight excluding hydrogens is 220 g/mol. The van der Waals surface area contributed by atoms with E-state index in [2.05, 4.69) is 21.8 Å². The van der Waals surface area contributed by atoms with E-state index in [4.69, 9.17) is 5.11 Å². The van der Waals surface area contributed by atoms with Crippen molar-refractivity contribution in [1.29, 1.82) is 0 Å². The summed E-state index contributed by atoms with van der Waals surface area (Å²) in [6, 6.07) is 0. The number of piperazine rings is 1. The molecule has 2 rings (SSSR count). The van der Waals surface area contributed by atoms with Crippen LogP contribution in [0.25, 0.3) is 0 Å². The maximum Gasteiger partial charge on any atom is 0.356 e. The van der Waals surface area contributed by atoms with Crippen LogP contribution in [0.2, 0.25) is 0 Å². The van der Waals surface area contributed by atoms with Gasteiger partial charge in [0.1, 0.15) is 0 Å². The monoisotopic (exact) mass is 238 g/mol.